The maximum absolute atomic E-state index is 12.1. The number of alkyl halides is 1. The number of amides is 1. The largest absolute Gasteiger partial charge is 0.351 e. The predicted octanol–water partition coefficient (Wildman–Crippen LogP) is 3.02. The molecule has 1 aromatic carbocycles. The lowest BCUT2D eigenvalue weighted by atomic mass is 9.99. The fourth-order valence-electron chi connectivity index (χ4n) is 2.13. The molecule has 0 saturated heterocycles. The fraction of sp³-hybridized carbons (Fsp3) is 0.533. The Bertz CT molecular complexity index is 582. The molecule has 1 atom stereocenters. The summed E-state index contributed by atoms with van der Waals surface area (Å²) < 4.78 is 23.0. The number of carbonyl (C=O) groups excluding carboxylic acids is 1. The molecule has 0 heterocycles. The highest BCUT2D eigenvalue weighted by molar-refractivity contribution is 9.09. The van der Waals surface area contributed by atoms with Crippen molar-refractivity contribution >= 4 is 31.7 Å². The molecule has 1 amide bonds. The van der Waals surface area contributed by atoms with Gasteiger partial charge in [-0.2, -0.15) is 0 Å². The van der Waals surface area contributed by atoms with E-state index in [-0.39, 0.29) is 15.6 Å². The van der Waals surface area contributed by atoms with E-state index in [9.17, 15) is 13.2 Å². The van der Waals surface area contributed by atoms with Gasteiger partial charge in [-0.1, -0.05) is 48.7 Å². The van der Waals surface area contributed by atoms with Crippen molar-refractivity contribution in [2.75, 3.05) is 12.8 Å². The quantitative estimate of drug-likeness (QED) is 0.744. The Morgan fingerprint density at radius 2 is 1.90 bits per heavy atom. The van der Waals surface area contributed by atoms with Gasteiger partial charge in [0.1, 0.15) is 0 Å². The Kier molecular flexibility index (Phi) is 6.87. The van der Waals surface area contributed by atoms with Crippen LogP contribution in [0.3, 0.4) is 0 Å². The Hall–Kier alpha value is -0.880. The zero-order valence-corrected chi connectivity index (χ0v) is 15.0. The molecular formula is C15H22BrNO3S. The van der Waals surface area contributed by atoms with E-state index in [0.29, 0.717) is 18.0 Å². The number of halogens is 1. The maximum atomic E-state index is 12.1. The summed E-state index contributed by atoms with van der Waals surface area (Å²) in [6.07, 6.45) is 3.23. The first-order valence-corrected chi connectivity index (χ1v) is 9.82. The molecule has 118 valence electrons. The van der Waals surface area contributed by atoms with Crippen LogP contribution in [0.4, 0.5) is 0 Å². The van der Waals surface area contributed by atoms with E-state index in [1.54, 1.807) is 12.1 Å². The molecule has 0 bridgehead atoms. The highest BCUT2D eigenvalue weighted by Crippen LogP contribution is 2.19. The minimum atomic E-state index is -3.30. The molecule has 1 rings (SSSR count). The van der Waals surface area contributed by atoms with Gasteiger partial charge in [-0.25, -0.2) is 8.42 Å². The average Bonchev–Trinajstić information content (AvgIpc) is 2.45. The van der Waals surface area contributed by atoms with Gasteiger partial charge in [0, 0.05) is 23.2 Å². The molecule has 0 aromatic heterocycles. The number of nitrogens with one attached hydrogen (secondary N) is 1. The SMILES string of the molecule is CCC(CC)C(Br)CNC(=O)c1cccc(S(C)(=O)=O)c1. The first-order valence-electron chi connectivity index (χ1n) is 7.02. The second kappa shape index (κ2) is 7.94. The summed E-state index contributed by atoms with van der Waals surface area (Å²) in [5, 5.41) is 2.85. The molecule has 0 radical (unpaired) electrons. The van der Waals surface area contributed by atoms with Gasteiger partial charge in [0.15, 0.2) is 9.84 Å². The zero-order valence-electron chi connectivity index (χ0n) is 12.6. The zero-order chi connectivity index (χ0) is 16.0. The molecule has 0 saturated carbocycles. The standard InChI is InChI=1S/C15H22BrNO3S/c1-4-11(5-2)14(16)10-17-15(18)12-7-6-8-13(9-12)21(3,19)20/h6-9,11,14H,4-5,10H2,1-3H3,(H,17,18). The van der Waals surface area contributed by atoms with E-state index in [1.807, 2.05) is 0 Å². The van der Waals surface area contributed by atoms with Gasteiger partial charge in [-0.3, -0.25) is 4.79 Å². The molecule has 4 nitrogen and oxygen atoms in total. The summed E-state index contributed by atoms with van der Waals surface area (Å²) in [5.74, 6) is 0.253. The third-order valence-corrected chi connectivity index (χ3v) is 5.72. The van der Waals surface area contributed by atoms with Crippen LogP contribution in [0.25, 0.3) is 0 Å². The van der Waals surface area contributed by atoms with E-state index in [1.165, 1.54) is 12.1 Å². The second-order valence-electron chi connectivity index (χ2n) is 5.10. The van der Waals surface area contributed by atoms with Crippen LogP contribution >= 0.6 is 15.9 Å². The third kappa shape index (κ3) is 5.43. The van der Waals surface area contributed by atoms with Crippen LogP contribution in [-0.4, -0.2) is 32.0 Å². The average molecular weight is 376 g/mol. The van der Waals surface area contributed by atoms with Crippen molar-refractivity contribution in [2.24, 2.45) is 5.92 Å². The molecule has 0 aliphatic heterocycles. The maximum Gasteiger partial charge on any atom is 0.251 e. The molecule has 1 N–H and O–H groups in total. The molecule has 6 heteroatoms. The molecule has 1 aromatic rings. The van der Waals surface area contributed by atoms with Crippen LogP contribution in [0.2, 0.25) is 0 Å². The van der Waals surface area contributed by atoms with Crippen LogP contribution in [0.5, 0.6) is 0 Å². The van der Waals surface area contributed by atoms with Crippen LogP contribution in [0, 0.1) is 5.92 Å². The van der Waals surface area contributed by atoms with Crippen LogP contribution < -0.4 is 5.32 Å². The predicted molar refractivity (Wildman–Crippen MR) is 88.7 cm³/mol. The van der Waals surface area contributed by atoms with Crippen LogP contribution in [-0.2, 0) is 9.84 Å². The second-order valence-corrected chi connectivity index (χ2v) is 8.29. The van der Waals surface area contributed by atoms with E-state index >= 15 is 0 Å². The Balaban J connectivity index is 2.73. The van der Waals surface area contributed by atoms with Gasteiger partial charge in [0.2, 0.25) is 0 Å². The smallest absolute Gasteiger partial charge is 0.251 e. The summed E-state index contributed by atoms with van der Waals surface area (Å²) in [6.45, 7) is 4.77. The van der Waals surface area contributed by atoms with E-state index in [0.717, 1.165) is 19.1 Å². The van der Waals surface area contributed by atoms with Crippen molar-refractivity contribution < 1.29 is 13.2 Å². The summed E-state index contributed by atoms with van der Waals surface area (Å²) in [5.41, 5.74) is 0.363. The highest BCUT2D eigenvalue weighted by Gasteiger charge is 2.17. The molecule has 0 aliphatic rings. The van der Waals surface area contributed by atoms with Crippen molar-refractivity contribution in [3.63, 3.8) is 0 Å². The lowest BCUT2D eigenvalue weighted by Crippen LogP contribution is -2.33. The number of rotatable bonds is 7. The first-order chi connectivity index (χ1) is 9.79. The molecule has 1 unspecified atom stereocenters. The van der Waals surface area contributed by atoms with Crippen molar-refractivity contribution in [3.8, 4) is 0 Å². The van der Waals surface area contributed by atoms with Gasteiger partial charge in [-0.05, 0) is 24.1 Å². The number of carbonyl (C=O) groups is 1. The van der Waals surface area contributed by atoms with Gasteiger partial charge in [0.05, 0.1) is 4.90 Å². The number of hydrogen-bond acceptors (Lipinski definition) is 3. The normalized spacial score (nSPS) is 13.2. The minimum absolute atomic E-state index is 0.158. The van der Waals surface area contributed by atoms with Crippen LogP contribution in [0.1, 0.15) is 37.0 Å². The van der Waals surface area contributed by atoms with Gasteiger partial charge >= 0.3 is 0 Å². The monoisotopic (exact) mass is 375 g/mol. The molecule has 0 fully saturated rings. The lowest BCUT2D eigenvalue weighted by molar-refractivity contribution is 0.0952. The molecule has 0 aliphatic carbocycles. The topological polar surface area (TPSA) is 63.2 Å². The van der Waals surface area contributed by atoms with Crippen molar-refractivity contribution in [1.82, 2.24) is 5.32 Å². The van der Waals surface area contributed by atoms with Crippen LogP contribution in [0.15, 0.2) is 29.2 Å². The lowest BCUT2D eigenvalue weighted by Gasteiger charge is -2.19. The Morgan fingerprint density at radius 3 is 2.43 bits per heavy atom. The molecular weight excluding hydrogens is 354 g/mol. The van der Waals surface area contributed by atoms with E-state index in [2.05, 4.69) is 35.1 Å². The molecule has 0 spiro atoms. The van der Waals surface area contributed by atoms with Gasteiger partial charge in [0.25, 0.3) is 5.91 Å². The van der Waals surface area contributed by atoms with Gasteiger partial charge in [-0.15, -0.1) is 0 Å². The summed E-state index contributed by atoms with van der Waals surface area (Å²) >= 11 is 3.60. The Morgan fingerprint density at radius 1 is 1.29 bits per heavy atom. The Labute approximate surface area is 135 Å². The number of sulfone groups is 1. The first kappa shape index (κ1) is 18.2. The fourth-order valence-corrected chi connectivity index (χ4v) is 3.70. The van der Waals surface area contributed by atoms with Crippen molar-refractivity contribution in [2.45, 2.75) is 36.4 Å². The minimum Gasteiger partial charge on any atom is -0.351 e. The number of benzene rings is 1. The summed E-state index contributed by atoms with van der Waals surface area (Å²) in [4.78, 5) is 12.5. The summed E-state index contributed by atoms with van der Waals surface area (Å²) in [7, 11) is -3.30. The van der Waals surface area contributed by atoms with Crippen molar-refractivity contribution in [3.05, 3.63) is 29.8 Å². The summed E-state index contributed by atoms with van der Waals surface area (Å²) in [6, 6.07) is 6.09. The highest BCUT2D eigenvalue weighted by atomic mass is 79.9. The van der Waals surface area contributed by atoms with Gasteiger partial charge < -0.3 is 5.32 Å². The van der Waals surface area contributed by atoms with E-state index < -0.39 is 9.84 Å². The van der Waals surface area contributed by atoms with E-state index in [4.69, 9.17) is 0 Å². The number of hydrogen-bond donors (Lipinski definition) is 1. The molecule has 21 heavy (non-hydrogen) atoms. The third-order valence-electron chi connectivity index (χ3n) is 3.54. The van der Waals surface area contributed by atoms with Crippen molar-refractivity contribution in [1.29, 1.82) is 0 Å².